The van der Waals surface area contributed by atoms with Crippen LogP contribution in [0.2, 0.25) is 0 Å². The van der Waals surface area contributed by atoms with E-state index in [9.17, 15) is 23.1 Å². The number of carboxylic acids is 1. The Morgan fingerprint density at radius 3 is 2.11 bits per heavy atom. The zero-order valence-corrected chi connectivity index (χ0v) is 14.3. The van der Waals surface area contributed by atoms with Crippen molar-refractivity contribution in [3.8, 4) is 11.1 Å². The fourth-order valence-corrected chi connectivity index (χ4v) is 2.98. The van der Waals surface area contributed by atoms with Gasteiger partial charge in [0.05, 0.1) is 11.5 Å². The minimum atomic E-state index is -4.38. The first-order valence-electron chi connectivity index (χ1n) is 8.39. The van der Waals surface area contributed by atoms with Gasteiger partial charge in [0.25, 0.3) is 0 Å². The maximum Gasteiger partial charge on any atom is 0.416 e. The summed E-state index contributed by atoms with van der Waals surface area (Å²) in [6.07, 6.45) is -4.04. The molecule has 3 rings (SSSR count). The van der Waals surface area contributed by atoms with E-state index >= 15 is 0 Å². The topological polar surface area (TPSA) is 37.3 Å². The van der Waals surface area contributed by atoms with Crippen molar-refractivity contribution in [2.45, 2.75) is 18.5 Å². The molecule has 0 amide bonds. The third-order valence-electron chi connectivity index (χ3n) is 4.42. The molecule has 138 valence electrons. The van der Waals surface area contributed by atoms with Gasteiger partial charge in [0.15, 0.2) is 0 Å². The van der Waals surface area contributed by atoms with Gasteiger partial charge in [-0.25, -0.2) is 0 Å². The summed E-state index contributed by atoms with van der Waals surface area (Å²) in [6, 6.07) is 21.1. The number of rotatable bonds is 5. The van der Waals surface area contributed by atoms with E-state index in [-0.39, 0.29) is 0 Å². The number of carbonyl (C=O) groups is 1. The predicted octanol–water partition coefficient (Wildman–Crippen LogP) is 5.78. The van der Waals surface area contributed by atoms with Crippen LogP contribution >= 0.6 is 0 Å². The summed E-state index contributed by atoms with van der Waals surface area (Å²) in [5, 5.41) is 9.65. The third kappa shape index (κ3) is 4.56. The van der Waals surface area contributed by atoms with Crippen molar-refractivity contribution in [2.24, 2.45) is 0 Å². The average Bonchev–Trinajstić information content (AvgIpc) is 2.66. The Morgan fingerprint density at radius 1 is 0.852 bits per heavy atom. The van der Waals surface area contributed by atoms with Gasteiger partial charge >= 0.3 is 12.1 Å². The largest absolute Gasteiger partial charge is 0.481 e. The van der Waals surface area contributed by atoms with Crippen LogP contribution < -0.4 is 0 Å². The zero-order chi connectivity index (χ0) is 19.4. The Hall–Kier alpha value is -3.08. The molecular formula is C22H17F3O2. The van der Waals surface area contributed by atoms with E-state index in [1.165, 1.54) is 12.1 Å². The van der Waals surface area contributed by atoms with E-state index in [0.717, 1.165) is 17.7 Å². The van der Waals surface area contributed by atoms with Gasteiger partial charge in [0, 0.05) is 0 Å². The highest BCUT2D eigenvalue weighted by Gasteiger charge is 2.30. The monoisotopic (exact) mass is 370 g/mol. The summed E-state index contributed by atoms with van der Waals surface area (Å²) >= 11 is 0. The quantitative estimate of drug-likeness (QED) is 0.618. The fourth-order valence-electron chi connectivity index (χ4n) is 2.98. The number of halogens is 3. The van der Waals surface area contributed by atoms with Crippen LogP contribution in [-0.4, -0.2) is 11.1 Å². The Labute approximate surface area is 154 Å². The van der Waals surface area contributed by atoms with Crippen molar-refractivity contribution < 1.29 is 23.1 Å². The van der Waals surface area contributed by atoms with Crippen molar-refractivity contribution in [1.82, 2.24) is 0 Å². The molecule has 0 saturated carbocycles. The van der Waals surface area contributed by atoms with E-state index in [4.69, 9.17) is 0 Å². The average molecular weight is 370 g/mol. The Morgan fingerprint density at radius 2 is 1.52 bits per heavy atom. The Balaban J connectivity index is 1.90. The first-order chi connectivity index (χ1) is 12.8. The van der Waals surface area contributed by atoms with Crippen molar-refractivity contribution in [1.29, 1.82) is 0 Å². The van der Waals surface area contributed by atoms with Crippen LogP contribution in [0.4, 0.5) is 13.2 Å². The molecule has 0 spiro atoms. The number of hydrogen-bond donors (Lipinski definition) is 1. The molecular weight excluding hydrogens is 353 g/mol. The first kappa shape index (κ1) is 18.7. The van der Waals surface area contributed by atoms with Crippen LogP contribution in [0.1, 0.15) is 22.6 Å². The second kappa shape index (κ2) is 7.66. The summed E-state index contributed by atoms with van der Waals surface area (Å²) in [5.74, 6) is -1.68. The SMILES string of the molecule is O=C(O)C(Cc1ccccc1)c1cccc(-c2ccc(C(F)(F)F)cc2)c1. The zero-order valence-electron chi connectivity index (χ0n) is 14.3. The van der Waals surface area contributed by atoms with E-state index in [0.29, 0.717) is 23.1 Å². The molecule has 27 heavy (non-hydrogen) atoms. The minimum absolute atomic E-state index is 0.340. The van der Waals surface area contributed by atoms with Crippen LogP contribution in [0.15, 0.2) is 78.9 Å². The number of alkyl halides is 3. The summed E-state index contributed by atoms with van der Waals surface area (Å²) < 4.78 is 38.2. The lowest BCUT2D eigenvalue weighted by Gasteiger charge is -2.15. The molecule has 0 bridgehead atoms. The normalized spacial score (nSPS) is 12.6. The molecule has 0 aliphatic carbocycles. The smallest absolute Gasteiger partial charge is 0.416 e. The van der Waals surface area contributed by atoms with Crippen LogP contribution in [0.5, 0.6) is 0 Å². The molecule has 0 fully saturated rings. The molecule has 1 unspecified atom stereocenters. The highest BCUT2D eigenvalue weighted by atomic mass is 19.4. The van der Waals surface area contributed by atoms with Gasteiger partial charge in [-0.15, -0.1) is 0 Å². The molecule has 2 nitrogen and oxygen atoms in total. The highest BCUT2D eigenvalue weighted by Crippen LogP contribution is 2.32. The van der Waals surface area contributed by atoms with Gasteiger partial charge in [-0.2, -0.15) is 13.2 Å². The molecule has 1 N–H and O–H groups in total. The van der Waals surface area contributed by atoms with Crippen molar-refractivity contribution >= 4 is 5.97 Å². The van der Waals surface area contributed by atoms with Crippen molar-refractivity contribution in [3.63, 3.8) is 0 Å². The number of hydrogen-bond acceptors (Lipinski definition) is 1. The Kier molecular flexibility index (Phi) is 5.31. The van der Waals surface area contributed by atoms with E-state index < -0.39 is 23.6 Å². The van der Waals surface area contributed by atoms with Crippen LogP contribution in [0, 0.1) is 0 Å². The molecule has 3 aromatic rings. The predicted molar refractivity (Wildman–Crippen MR) is 97.4 cm³/mol. The molecule has 0 saturated heterocycles. The molecule has 0 aliphatic heterocycles. The van der Waals surface area contributed by atoms with Gasteiger partial charge in [-0.1, -0.05) is 66.7 Å². The van der Waals surface area contributed by atoms with Gasteiger partial charge in [-0.3, -0.25) is 4.79 Å². The summed E-state index contributed by atoms with van der Waals surface area (Å²) in [6.45, 7) is 0. The van der Waals surface area contributed by atoms with Gasteiger partial charge < -0.3 is 5.11 Å². The van der Waals surface area contributed by atoms with Crippen LogP contribution in [-0.2, 0) is 17.4 Å². The first-order valence-corrected chi connectivity index (χ1v) is 8.39. The van der Waals surface area contributed by atoms with E-state index in [1.54, 1.807) is 24.3 Å². The molecule has 1 atom stereocenters. The summed E-state index contributed by atoms with van der Waals surface area (Å²) in [5.41, 5.74) is 2.10. The van der Waals surface area contributed by atoms with Crippen LogP contribution in [0.3, 0.4) is 0 Å². The van der Waals surface area contributed by atoms with E-state index in [2.05, 4.69) is 0 Å². The maximum atomic E-state index is 12.7. The number of aliphatic carboxylic acids is 1. The standard InChI is InChI=1S/C22H17F3O2/c23-22(24,25)19-11-9-16(10-12-19)17-7-4-8-18(14-17)20(21(26)27)13-15-5-2-1-3-6-15/h1-12,14,20H,13H2,(H,26,27). The highest BCUT2D eigenvalue weighted by molar-refractivity contribution is 5.77. The molecule has 5 heteroatoms. The van der Waals surface area contributed by atoms with Gasteiger partial charge in [-0.05, 0) is 40.8 Å². The number of benzene rings is 3. The van der Waals surface area contributed by atoms with Gasteiger partial charge in [0.2, 0.25) is 0 Å². The second-order valence-electron chi connectivity index (χ2n) is 6.28. The number of carboxylic acid groups (broad SMARTS) is 1. The molecule has 0 radical (unpaired) electrons. The lowest BCUT2D eigenvalue weighted by atomic mass is 9.90. The summed E-state index contributed by atoms with van der Waals surface area (Å²) in [4.78, 5) is 11.8. The molecule has 0 heterocycles. The fraction of sp³-hybridized carbons (Fsp3) is 0.136. The second-order valence-corrected chi connectivity index (χ2v) is 6.28. The molecule has 0 aliphatic rings. The lowest BCUT2D eigenvalue weighted by molar-refractivity contribution is -0.139. The lowest BCUT2D eigenvalue weighted by Crippen LogP contribution is -2.14. The minimum Gasteiger partial charge on any atom is -0.481 e. The Bertz CT molecular complexity index is 916. The van der Waals surface area contributed by atoms with Gasteiger partial charge in [0.1, 0.15) is 0 Å². The van der Waals surface area contributed by atoms with E-state index in [1.807, 2.05) is 30.3 Å². The maximum absolute atomic E-state index is 12.7. The third-order valence-corrected chi connectivity index (χ3v) is 4.42. The van der Waals surface area contributed by atoms with Crippen LogP contribution in [0.25, 0.3) is 11.1 Å². The summed E-state index contributed by atoms with van der Waals surface area (Å²) in [7, 11) is 0. The molecule has 0 aromatic heterocycles. The van der Waals surface area contributed by atoms with Crippen molar-refractivity contribution in [3.05, 3.63) is 95.6 Å². The van der Waals surface area contributed by atoms with Crippen molar-refractivity contribution in [2.75, 3.05) is 0 Å². The molecule has 3 aromatic carbocycles.